The zero-order chi connectivity index (χ0) is 76.8. The standard InChI is InChI=1S/C47H126O14Si16.C12H34O3Si4/c1-35-36-38-47(48)49-39-37-40-74(59-71(29,30)41-44-75(50-62(2,3)4,51-63(5,6)7)52-64(8,9)10,60-72(31,32)42-45-76(53-65(11,12)13,54-66(14,15)16)55-67(17,18)19)61-73(33,34)43-46-77(56-68(20,21)22,57-69(23,24)25)58-70(26,27)28;1-11-12-19(13-16(2,3)4,14-17(5,6)7)15-18(8,9)10/h35-46H2,1-34H3;11-12H2,1-10H3. The molecular formula is C59H160O17Si20. The Balaban J connectivity index is 0. The minimum absolute atomic E-state index is 0.170. The van der Waals surface area contributed by atoms with Gasteiger partial charge >= 0.3 is 50.0 Å². The Labute approximate surface area is 616 Å². The molecule has 0 aliphatic heterocycles. The van der Waals surface area contributed by atoms with Gasteiger partial charge in [0.1, 0.15) is 0 Å². The molecule has 0 aromatic heterocycles. The Morgan fingerprint density at radius 1 is 0.208 bits per heavy atom. The molecule has 0 unspecified atom stereocenters. The Morgan fingerprint density at radius 2 is 0.385 bits per heavy atom. The highest BCUT2D eigenvalue weighted by Gasteiger charge is 2.59. The maximum absolute atomic E-state index is 13.1. The van der Waals surface area contributed by atoms with Gasteiger partial charge in [0.05, 0.1) is 6.61 Å². The number of carbonyl (C=O) groups excluding carboxylic acids is 1. The molecule has 0 aromatic rings. The predicted molar refractivity (Wildman–Crippen MR) is 461 cm³/mol. The third-order valence-electron chi connectivity index (χ3n) is 12.1. The van der Waals surface area contributed by atoms with Crippen molar-refractivity contribution in [2.24, 2.45) is 0 Å². The average molecular weight is 1700 g/mol. The van der Waals surface area contributed by atoms with Gasteiger partial charge in [0.15, 0.2) is 125 Å². The molecule has 0 aliphatic carbocycles. The first-order valence-corrected chi connectivity index (χ1v) is 96.3. The van der Waals surface area contributed by atoms with Crippen LogP contribution in [0.5, 0.6) is 0 Å². The van der Waals surface area contributed by atoms with E-state index in [0.717, 1.165) is 43.4 Å². The summed E-state index contributed by atoms with van der Waals surface area (Å²) in [5, 5.41) is 0. The van der Waals surface area contributed by atoms with Crippen molar-refractivity contribution in [1.29, 1.82) is 0 Å². The summed E-state index contributed by atoms with van der Waals surface area (Å²) < 4.78 is 115. The van der Waals surface area contributed by atoms with Crippen molar-refractivity contribution < 1.29 is 71.3 Å². The summed E-state index contributed by atoms with van der Waals surface area (Å²) in [6, 6.07) is 5.61. The quantitative estimate of drug-likeness (QED) is 0.0321. The predicted octanol–water partition coefficient (Wildman–Crippen LogP) is 22.1. The highest BCUT2D eigenvalue weighted by molar-refractivity contribution is 6.96. The number of hydrogen-bond acceptors (Lipinski definition) is 17. The minimum Gasteiger partial charge on any atom is -0.466 e. The lowest BCUT2D eigenvalue weighted by Crippen LogP contribution is -2.64. The third kappa shape index (κ3) is 53.1. The van der Waals surface area contributed by atoms with Gasteiger partial charge in [-0.05, 0) is 306 Å². The highest BCUT2D eigenvalue weighted by Crippen LogP contribution is 2.42. The molecule has 0 aromatic carbocycles. The van der Waals surface area contributed by atoms with Gasteiger partial charge in [0, 0.05) is 36.6 Å². The van der Waals surface area contributed by atoms with Crippen LogP contribution in [0.1, 0.15) is 46.0 Å². The lowest BCUT2D eigenvalue weighted by molar-refractivity contribution is -0.143. The topological polar surface area (TPSA) is 165 Å². The van der Waals surface area contributed by atoms with Crippen molar-refractivity contribution in [3.05, 3.63) is 0 Å². The fraction of sp³-hybridized carbons (Fsp3) is 0.983. The highest BCUT2D eigenvalue weighted by atomic mass is 28.5. The maximum Gasteiger partial charge on any atom is 0.469 e. The molecule has 17 nitrogen and oxygen atoms in total. The van der Waals surface area contributed by atoms with E-state index in [1.807, 2.05) is 0 Å². The number of rotatable bonds is 48. The first-order valence-electron chi connectivity index (χ1n) is 36.4. The molecule has 0 rings (SSSR count). The summed E-state index contributed by atoms with van der Waals surface area (Å²) in [4.78, 5) is 13.1. The van der Waals surface area contributed by atoms with E-state index >= 15 is 0 Å². The molecule has 0 N–H and O–H groups in total. The van der Waals surface area contributed by atoms with Gasteiger partial charge in [0.25, 0.3) is 0 Å². The van der Waals surface area contributed by atoms with Crippen LogP contribution in [0.15, 0.2) is 0 Å². The number of unbranched alkanes of at least 4 members (excludes halogenated alkanes) is 1. The van der Waals surface area contributed by atoms with E-state index in [-0.39, 0.29) is 12.6 Å². The Hall–Kier alpha value is 3.21. The zero-order valence-electron chi connectivity index (χ0n) is 71.3. The lowest BCUT2D eigenvalue weighted by Gasteiger charge is -2.48. The van der Waals surface area contributed by atoms with Crippen molar-refractivity contribution in [3.63, 3.8) is 0 Å². The Kier molecular flexibility index (Phi) is 40.1. The molecule has 0 saturated carbocycles. The van der Waals surface area contributed by atoms with Crippen LogP contribution < -0.4 is 0 Å². The third-order valence-corrected chi connectivity index (χ3v) is 77.3. The molecule has 0 bridgehead atoms. The van der Waals surface area contributed by atoms with E-state index < -0.39 is 169 Å². The fourth-order valence-electron chi connectivity index (χ4n) is 10.6. The molecule has 0 radical (unpaired) electrons. The van der Waals surface area contributed by atoms with Crippen LogP contribution in [0.25, 0.3) is 0 Å². The molecule has 0 heterocycles. The van der Waals surface area contributed by atoms with Crippen molar-refractivity contribution in [2.45, 2.75) is 369 Å². The van der Waals surface area contributed by atoms with Crippen LogP contribution in [0.4, 0.5) is 0 Å². The van der Waals surface area contributed by atoms with E-state index in [9.17, 15) is 4.79 Å². The van der Waals surface area contributed by atoms with E-state index in [0.29, 0.717) is 37.0 Å². The second-order valence-electron chi connectivity index (χ2n) is 40.3. The smallest absolute Gasteiger partial charge is 0.466 e. The molecule has 0 aliphatic rings. The fourth-order valence-corrected chi connectivity index (χ4v) is 93.1. The molecule has 0 saturated heterocycles. The van der Waals surface area contributed by atoms with Crippen LogP contribution in [0, 0.1) is 0 Å². The van der Waals surface area contributed by atoms with E-state index in [4.69, 9.17) is 66.5 Å². The first-order chi connectivity index (χ1) is 41.7. The Morgan fingerprint density at radius 3 is 0.552 bits per heavy atom. The second-order valence-corrected chi connectivity index (χ2v) is 125. The normalized spacial score (nSPS) is 15.3. The molecular weight excluding hydrogens is 1540 g/mol. The van der Waals surface area contributed by atoms with Gasteiger partial charge in [-0.1, -0.05) is 26.7 Å². The number of carbonyl (C=O) groups is 1. The van der Waals surface area contributed by atoms with E-state index in [2.05, 4.69) is 289 Å². The van der Waals surface area contributed by atoms with Gasteiger partial charge in [0.2, 0.25) is 0 Å². The zero-order valence-corrected chi connectivity index (χ0v) is 91.3. The molecule has 578 valence electrons. The molecule has 0 spiro atoms. The van der Waals surface area contributed by atoms with Crippen molar-refractivity contribution in [1.82, 2.24) is 0 Å². The SMILES string of the molecule is CCCCC(=O)OCCC[Si](O[Si](C)(C)CC[Si](O[Si](C)(C)C)(O[Si](C)(C)C)O[Si](C)(C)C)(O[Si](C)(C)CC[Si](O[Si](C)(C)C)(O[Si](C)(C)C)O[Si](C)(C)C)O[Si](C)(C)CC[Si](O[Si](C)(C)C)(O[Si](C)(C)C)O[Si](C)(C)C.CCC[Si](O[Si](C)(C)C)(O[Si](C)(C)C)O[Si](C)(C)C. The van der Waals surface area contributed by atoms with Crippen LogP contribution in [-0.2, 0) is 71.3 Å². The average Bonchev–Trinajstić information content (AvgIpc) is 0.796. The van der Waals surface area contributed by atoms with Crippen LogP contribution in [0.2, 0.25) is 323 Å². The number of hydrogen-bond donors (Lipinski definition) is 0. The van der Waals surface area contributed by atoms with Crippen LogP contribution in [-0.4, -0.2) is 181 Å². The number of esters is 1. The summed E-state index contributed by atoms with van der Waals surface area (Å²) in [7, 11) is -48.8. The van der Waals surface area contributed by atoms with Crippen LogP contribution in [0.3, 0.4) is 0 Å². The number of ether oxygens (including phenoxy) is 1. The summed E-state index contributed by atoms with van der Waals surface area (Å²) in [5.74, 6) is -0.170. The van der Waals surface area contributed by atoms with E-state index in [1.54, 1.807) is 0 Å². The van der Waals surface area contributed by atoms with Gasteiger partial charge in [-0.15, -0.1) is 0 Å². The van der Waals surface area contributed by atoms with Gasteiger partial charge in [-0.2, -0.15) is 0 Å². The van der Waals surface area contributed by atoms with Crippen molar-refractivity contribution in [2.75, 3.05) is 6.61 Å². The molecule has 0 atom stereocenters. The summed E-state index contributed by atoms with van der Waals surface area (Å²) in [6.45, 7) is 99.1. The van der Waals surface area contributed by atoms with Crippen LogP contribution >= 0.6 is 0 Å². The van der Waals surface area contributed by atoms with Gasteiger partial charge in [-0.3, -0.25) is 4.79 Å². The molecule has 37 heteroatoms. The second kappa shape index (κ2) is 38.0. The van der Waals surface area contributed by atoms with Crippen molar-refractivity contribution >= 4 is 175 Å². The van der Waals surface area contributed by atoms with E-state index in [1.165, 1.54) is 0 Å². The summed E-state index contributed by atoms with van der Waals surface area (Å²) in [5.41, 5.74) is 0. The lowest BCUT2D eigenvalue weighted by atomic mass is 10.2. The largest absolute Gasteiger partial charge is 0.469 e. The van der Waals surface area contributed by atoms with Gasteiger partial charge in [-0.25, -0.2) is 0 Å². The first kappa shape index (κ1) is 101. The monoisotopic (exact) mass is 1700 g/mol. The molecule has 0 amide bonds. The maximum atomic E-state index is 13.1. The summed E-state index contributed by atoms with van der Waals surface area (Å²) in [6.07, 6.45) is 3.73. The van der Waals surface area contributed by atoms with Crippen molar-refractivity contribution in [3.8, 4) is 0 Å². The summed E-state index contributed by atoms with van der Waals surface area (Å²) >= 11 is 0. The Bertz CT molecular complexity index is 1920. The van der Waals surface area contributed by atoms with Gasteiger partial charge < -0.3 is 66.5 Å². The molecule has 96 heavy (non-hydrogen) atoms. The molecule has 0 fully saturated rings. The minimum atomic E-state index is -3.76.